The summed E-state index contributed by atoms with van der Waals surface area (Å²) in [6.07, 6.45) is 2.71. The highest BCUT2D eigenvalue weighted by atomic mass is 32.1. The number of hydrogen-bond donors (Lipinski definition) is 3. The summed E-state index contributed by atoms with van der Waals surface area (Å²) in [5.74, 6) is 1.07. The predicted molar refractivity (Wildman–Crippen MR) is 72.9 cm³/mol. The van der Waals surface area contributed by atoms with E-state index in [1.165, 1.54) is 11.3 Å². The van der Waals surface area contributed by atoms with Crippen LogP contribution < -0.4 is 16.4 Å². The van der Waals surface area contributed by atoms with Crippen LogP contribution in [0.25, 0.3) is 0 Å². The lowest BCUT2D eigenvalue weighted by molar-refractivity contribution is 0.321. The van der Waals surface area contributed by atoms with Crippen LogP contribution in [0.4, 0.5) is 10.9 Å². The smallest absolute Gasteiger partial charge is 0.180 e. The Balaban J connectivity index is 1.55. The van der Waals surface area contributed by atoms with Gasteiger partial charge in [0.05, 0.1) is 17.9 Å². The summed E-state index contributed by atoms with van der Waals surface area (Å²) in [5, 5.41) is 13.6. The largest absolute Gasteiger partial charge is 0.375 e. The van der Waals surface area contributed by atoms with Crippen LogP contribution in [-0.4, -0.2) is 34.4 Å². The minimum Gasteiger partial charge on any atom is -0.375 e. The van der Waals surface area contributed by atoms with E-state index >= 15 is 0 Å². The summed E-state index contributed by atoms with van der Waals surface area (Å²) in [6, 6.07) is 2.49. The van der Waals surface area contributed by atoms with Gasteiger partial charge in [-0.05, 0) is 0 Å². The Kier molecular flexibility index (Phi) is 3.16. The Morgan fingerprint density at radius 1 is 1.56 bits per heavy atom. The molecule has 1 fully saturated rings. The Hall–Kier alpha value is -1.60. The molecule has 2 aromatic rings. The maximum Gasteiger partial charge on any atom is 0.180 e. The first kappa shape index (κ1) is 11.5. The molecule has 0 saturated carbocycles. The van der Waals surface area contributed by atoms with Crippen LogP contribution in [0.1, 0.15) is 11.7 Å². The third-order valence-corrected chi connectivity index (χ3v) is 3.76. The number of rotatable bonds is 5. The summed E-state index contributed by atoms with van der Waals surface area (Å²) in [7, 11) is 0. The number of thiazole rings is 1. The molecule has 96 valence electrons. The number of nitrogens with two attached hydrogens (primary N) is 1. The third-order valence-electron chi connectivity index (χ3n) is 3.03. The highest BCUT2D eigenvalue weighted by Crippen LogP contribution is 2.17. The zero-order chi connectivity index (χ0) is 12.4. The SMILES string of the molecule is Nc1nc(CCNc2ccnn2C2CNC2)cs1. The molecule has 1 aliphatic rings. The molecule has 0 unspecified atom stereocenters. The number of nitrogens with one attached hydrogen (secondary N) is 2. The summed E-state index contributed by atoms with van der Waals surface area (Å²) in [4.78, 5) is 4.24. The molecule has 7 heteroatoms. The molecular formula is C11H16N6S. The fraction of sp³-hybridized carbons (Fsp3) is 0.455. The molecule has 1 saturated heterocycles. The summed E-state index contributed by atoms with van der Waals surface area (Å²) < 4.78 is 2.05. The second-order valence-electron chi connectivity index (χ2n) is 4.33. The third kappa shape index (κ3) is 2.32. The monoisotopic (exact) mass is 264 g/mol. The lowest BCUT2D eigenvalue weighted by Gasteiger charge is -2.28. The molecule has 0 spiro atoms. The molecule has 4 N–H and O–H groups in total. The van der Waals surface area contributed by atoms with Gasteiger partial charge in [-0.15, -0.1) is 11.3 Å². The van der Waals surface area contributed by atoms with Gasteiger partial charge >= 0.3 is 0 Å². The van der Waals surface area contributed by atoms with Crippen molar-refractivity contribution in [3.05, 3.63) is 23.3 Å². The highest BCUT2D eigenvalue weighted by molar-refractivity contribution is 7.13. The topological polar surface area (TPSA) is 80.8 Å². The van der Waals surface area contributed by atoms with Gasteiger partial charge < -0.3 is 16.4 Å². The van der Waals surface area contributed by atoms with Crippen molar-refractivity contribution in [1.29, 1.82) is 0 Å². The Morgan fingerprint density at radius 3 is 3.11 bits per heavy atom. The number of nitrogens with zero attached hydrogens (tertiary/aromatic N) is 3. The lowest BCUT2D eigenvalue weighted by Crippen LogP contribution is -2.44. The minimum absolute atomic E-state index is 0.484. The number of nitrogen functional groups attached to an aromatic ring is 1. The molecule has 0 atom stereocenters. The molecule has 18 heavy (non-hydrogen) atoms. The van der Waals surface area contributed by atoms with Crippen molar-refractivity contribution >= 4 is 22.3 Å². The fourth-order valence-electron chi connectivity index (χ4n) is 1.95. The van der Waals surface area contributed by atoms with Gasteiger partial charge in [0.25, 0.3) is 0 Å². The molecule has 3 rings (SSSR count). The van der Waals surface area contributed by atoms with Crippen molar-refractivity contribution in [2.45, 2.75) is 12.5 Å². The van der Waals surface area contributed by atoms with Gasteiger partial charge in [-0.1, -0.05) is 0 Å². The van der Waals surface area contributed by atoms with Gasteiger partial charge in [0.2, 0.25) is 0 Å². The van der Waals surface area contributed by atoms with Crippen LogP contribution in [0.2, 0.25) is 0 Å². The average Bonchev–Trinajstić information content (AvgIpc) is 2.87. The van der Waals surface area contributed by atoms with E-state index in [0.29, 0.717) is 11.2 Å². The molecular weight excluding hydrogens is 248 g/mol. The number of hydrogen-bond acceptors (Lipinski definition) is 6. The van der Waals surface area contributed by atoms with E-state index in [4.69, 9.17) is 5.73 Å². The van der Waals surface area contributed by atoms with Gasteiger partial charge in [-0.25, -0.2) is 9.67 Å². The zero-order valence-electron chi connectivity index (χ0n) is 9.97. The highest BCUT2D eigenvalue weighted by Gasteiger charge is 2.21. The van der Waals surface area contributed by atoms with Crippen LogP contribution in [0, 0.1) is 0 Å². The molecule has 0 bridgehead atoms. The zero-order valence-corrected chi connectivity index (χ0v) is 10.8. The van der Waals surface area contributed by atoms with E-state index in [9.17, 15) is 0 Å². The normalized spacial score (nSPS) is 15.6. The quantitative estimate of drug-likeness (QED) is 0.741. The van der Waals surface area contributed by atoms with E-state index in [1.807, 2.05) is 22.3 Å². The van der Waals surface area contributed by atoms with Crippen molar-refractivity contribution in [3.63, 3.8) is 0 Å². The molecule has 6 nitrogen and oxygen atoms in total. The van der Waals surface area contributed by atoms with Crippen molar-refractivity contribution in [2.24, 2.45) is 0 Å². The Morgan fingerprint density at radius 2 is 2.44 bits per heavy atom. The summed E-state index contributed by atoms with van der Waals surface area (Å²) in [5.41, 5.74) is 6.64. The second-order valence-corrected chi connectivity index (χ2v) is 5.22. The molecule has 2 aromatic heterocycles. The summed E-state index contributed by atoms with van der Waals surface area (Å²) in [6.45, 7) is 2.84. The van der Waals surface area contributed by atoms with Crippen LogP contribution in [-0.2, 0) is 6.42 Å². The van der Waals surface area contributed by atoms with Gasteiger partial charge in [0.15, 0.2) is 5.13 Å². The second kappa shape index (κ2) is 4.95. The van der Waals surface area contributed by atoms with Crippen LogP contribution in [0.3, 0.4) is 0 Å². The number of anilines is 2. The van der Waals surface area contributed by atoms with Crippen molar-refractivity contribution < 1.29 is 0 Å². The standard InChI is InChI=1S/C11H16N6S/c12-11-16-8(7-18-11)1-3-14-10-2-4-15-17(10)9-5-13-6-9/h2,4,7,9,13-14H,1,3,5-6H2,(H2,12,16). The molecule has 3 heterocycles. The van der Waals surface area contributed by atoms with Gasteiger partial charge in [-0.2, -0.15) is 5.10 Å². The van der Waals surface area contributed by atoms with E-state index in [2.05, 4.69) is 20.7 Å². The van der Waals surface area contributed by atoms with Crippen molar-refractivity contribution in [1.82, 2.24) is 20.1 Å². The molecule has 0 aliphatic carbocycles. The fourth-order valence-corrected chi connectivity index (χ4v) is 2.55. The Labute approximate surface area is 109 Å². The Bertz CT molecular complexity index is 515. The first-order chi connectivity index (χ1) is 8.83. The number of aromatic nitrogens is 3. The van der Waals surface area contributed by atoms with Crippen LogP contribution in [0.15, 0.2) is 17.6 Å². The maximum atomic E-state index is 5.60. The van der Waals surface area contributed by atoms with Gasteiger partial charge in [0, 0.05) is 37.5 Å². The van der Waals surface area contributed by atoms with E-state index in [-0.39, 0.29) is 0 Å². The van der Waals surface area contributed by atoms with Gasteiger partial charge in [-0.3, -0.25) is 0 Å². The first-order valence-corrected chi connectivity index (χ1v) is 6.89. The lowest BCUT2D eigenvalue weighted by atomic mass is 10.2. The van der Waals surface area contributed by atoms with E-state index < -0.39 is 0 Å². The predicted octanol–water partition coefficient (Wildman–Crippen LogP) is 0.721. The van der Waals surface area contributed by atoms with Crippen molar-refractivity contribution in [2.75, 3.05) is 30.7 Å². The average molecular weight is 264 g/mol. The van der Waals surface area contributed by atoms with Crippen molar-refractivity contribution in [3.8, 4) is 0 Å². The van der Waals surface area contributed by atoms with Crippen LogP contribution >= 0.6 is 11.3 Å². The first-order valence-electron chi connectivity index (χ1n) is 6.01. The van der Waals surface area contributed by atoms with Crippen LogP contribution in [0.5, 0.6) is 0 Å². The minimum atomic E-state index is 0.484. The van der Waals surface area contributed by atoms with E-state index in [1.54, 1.807) is 0 Å². The molecule has 0 aromatic carbocycles. The summed E-state index contributed by atoms with van der Waals surface area (Å²) >= 11 is 1.49. The molecule has 0 radical (unpaired) electrons. The molecule has 1 aliphatic heterocycles. The van der Waals surface area contributed by atoms with E-state index in [0.717, 1.165) is 37.6 Å². The van der Waals surface area contributed by atoms with Gasteiger partial charge in [0.1, 0.15) is 5.82 Å². The molecule has 0 amide bonds. The maximum absolute atomic E-state index is 5.60.